The third-order valence-electron chi connectivity index (χ3n) is 1.22. The summed E-state index contributed by atoms with van der Waals surface area (Å²) in [5.41, 5.74) is 3.84. The summed E-state index contributed by atoms with van der Waals surface area (Å²) in [4.78, 5) is 0. The molecule has 0 saturated heterocycles. The Balaban J connectivity index is -0.000000147. The molecular weight excluding hydrogens is 192 g/mol. The van der Waals surface area contributed by atoms with Gasteiger partial charge in [-0.3, -0.25) is 0 Å². The van der Waals surface area contributed by atoms with Crippen LogP contribution in [0.25, 0.3) is 0 Å². The Hall–Kier alpha value is -0.600. The summed E-state index contributed by atoms with van der Waals surface area (Å²) in [6.45, 7) is 9.55. The van der Waals surface area contributed by atoms with Crippen molar-refractivity contribution >= 4 is 0 Å². The van der Waals surface area contributed by atoms with Gasteiger partial charge in [0.15, 0.2) is 0 Å². The molecule has 0 aliphatic carbocycles. The summed E-state index contributed by atoms with van der Waals surface area (Å²) >= 11 is 0. The van der Waals surface area contributed by atoms with Crippen molar-refractivity contribution in [2.75, 3.05) is 19.8 Å². The van der Waals surface area contributed by atoms with Gasteiger partial charge in [0.1, 0.15) is 0 Å². The molecule has 0 aromatic heterocycles. The van der Waals surface area contributed by atoms with Gasteiger partial charge in [0.25, 0.3) is 0 Å². The lowest BCUT2D eigenvalue weighted by molar-refractivity contribution is 0.186. The zero-order valence-electron chi connectivity index (χ0n) is 10.3. The van der Waals surface area contributed by atoms with Crippen molar-refractivity contribution in [3.63, 3.8) is 0 Å². The van der Waals surface area contributed by atoms with Crippen molar-refractivity contribution in [3.8, 4) is 0 Å². The minimum Gasteiger partial charge on any atom is -0.396 e. The molecule has 0 spiro atoms. The minimum absolute atomic E-state index is 0.125. The first-order chi connectivity index (χ1) is 7.10. The number of hydrogen-bond acceptors (Lipinski definition) is 3. The van der Waals surface area contributed by atoms with Crippen molar-refractivity contribution in [1.82, 2.24) is 0 Å². The molecule has 92 valence electrons. The van der Waals surface area contributed by atoms with E-state index in [4.69, 9.17) is 15.3 Å². The van der Waals surface area contributed by atoms with Crippen LogP contribution in [0.4, 0.5) is 0 Å². The van der Waals surface area contributed by atoms with Gasteiger partial charge in [0.2, 0.25) is 0 Å². The van der Waals surface area contributed by atoms with E-state index in [1.165, 1.54) is 6.42 Å². The van der Waals surface area contributed by atoms with E-state index in [1.807, 2.05) is 13.8 Å². The van der Waals surface area contributed by atoms with Gasteiger partial charge < -0.3 is 15.3 Å². The maximum Gasteiger partial charge on any atom is 0.0662 e. The summed E-state index contributed by atoms with van der Waals surface area (Å²) in [5, 5.41) is 23.4. The number of rotatable bonds is 4. The lowest BCUT2D eigenvalue weighted by Crippen LogP contribution is -1.85. The van der Waals surface area contributed by atoms with Gasteiger partial charge in [0.05, 0.1) is 13.2 Å². The van der Waals surface area contributed by atoms with Crippen LogP contribution in [0.5, 0.6) is 0 Å². The molecule has 0 aromatic rings. The molecule has 3 nitrogen and oxygen atoms in total. The maximum atomic E-state index is 8.20. The molecule has 0 unspecified atom stereocenters. The van der Waals surface area contributed by atoms with Crippen LogP contribution in [0.3, 0.4) is 0 Å². The van der Waals surface area contributed by atoms with Crippen LogP contribution < -0.4 is 0 Å². The van der Waals surface area contributed by atoms with E-state index in [1.54, 1.807) is 0 Å². The van der Waals surface area contributed by atoms with Crippen molar-refractivity contribution < 1.29 is 15.3 Å². The number of allylic oxidation sites excluding steroid dienone is 1. The van der Waals surface area contributed by atoms with Crippen molar-refractivity contribution in [1.29, 1.82) is 0 Å². The summed E-state index contributed by atoms with van der Waals surface area (Å²) in [6.07, 6.45) is 3.33. The van der Waals surface area contributed by atoms with E-state index in [2.05, 4.69) is 19.2 Å². The van der Waals surface area contributed by atoms with E-state index >= 15 is 0 Å². The number of aliphatic hydroxyl groups is 3. The summed E-state index contributed by atoms with van der Waals surface area (Å²) in [5.74, 6) is 0. The second kappa shape index (κ2) is 23.3. The molecule has 0 aliphatic heterocycles. The molecule has 15 heavy (non-hydrogen) atoms. The SMILES string of the molecule is C=C=C(C)C.CCCCCO.OCCO. The average molecular weight is 218 g/mol. The van der Waals surface area contributed by atoms with Crippen LogP contribution in [0.1, 0.15) is 40.0 Å². The van der Waals surface area contributed by atoms with Crippen molar-refractivity contribution in [2.45, 2.75) is 40.0 Å². The van der Waals surface area contributed by atoms with Gasteiger partial charge in [-0.1, -0.05) is 26.3 Å². The predicted molar refractivity (Wildman–Crippen MR) is 64.8 cm³/mol. The Morgan fingerprint density at radius 3 is 1.47 bits per heavy atom. The Morgan fingerprint density at radius 1 is 1.00 bits per heavy atom. The van der Waals surface area contributed by atoms with Gasteiger partial charge >= 0.3 is 0 Å². The fraction of sp³-hybridized carbons (Fsp3) is 0.750. The lowest BCUT2D eigenvalue weighted by Gasteiger charge is -1.85. The monoisotopic (exact) mass is 218 g/mol. The molecule has 0 atom stereocenters. The molecule has 0 bridgehead atoms. The maximum absolute atomic E-state index is 8.20. The van der Waals surface area contributed by atoms with E-state index in [0.29, 0.717) is 6.61 Å². The zero-order chi connectivity index (χ0) is 12.5. The number of hydrogen-bond donors (Lipinski definition) is 3. The first-order valence-corrected chi connectivity index (χ1v) is 5.26. The van der Waals surface area contributed by atoms with Crippen molar-refractivity contribution in [2.24, 2.45) is 0 Å². The van der Waals surface area contributed by atoms with Crippen LogP contribution in [-0.2, 0) is 0 Å². The molecule has 3 N–H and O–H groups in total. The standard InChI is InChI=1S/C5H12O.C5H8.C2H6O2/c1-2-3-4-5-6;1-4-5(2)3;3-1-2-4/h6H,2-5H2,1H3;1H2,2-3H3;3-4H,1-2H2. The normalized spacial score (nSPS) is 7.60. The third kappa shape index (κ3) is 59.7. The van der Waals surface area contributed by atoms with Gasteiger partial charge in [-0.15, -0.1) is 5.73 Å². The fourth-order valence-electron chi connectivity index (χ4n) is 0.362. The predicted octanol–water partition coefficient (Wildman–Crippen LogP) is 1.88. The molecule has 0 aliphatic rings. The van der Waals surface area contributed by atoms with E-state index in [0.717, 1.165) is 18.4 Å². The highest BCUT2D eigenvalue weighted by Gasteiger charge is 1.76. The molecule has 3 heteroatoms. The number of aliphatic hydroxyl groups excluding tert-OH is 3. The van der Waals surface area contributed by atoms with Gasteiger partial charge in [0, 0.05) is 6.61 Å². The van der Waals surface area contributed by atoms with Crippen LogP contribution in [0.2, 0.25) is 0 Å². The van der Waals surface area contributed by atoms with Crippen LogP contribution in [-0.4, -0.2) is 35.1 Å². The van der Waals surface area contributed by atoms with Crippen molar-refractivity contribution in [3.05, 3.63) is 17.9 Å². The van der Waals surface area contributed by atoms with E-state index in [9.17, 15) is 0 Å². The van der Waals surface area contributed by atoms with Gasteiger partial charge in [-0.2, -0.15) is 0 Å². The molecule has 0 rings (SSSR count). The number of unbranched alkanes of at least 4 members (excludes halogenated alkanes) is 2. The fourth-order valence-corrected chi connectivity index (χ4v) is 0.362. The highest BCUT2D eigenvalue weighted by Crippen LogP contribution is 1.89. The Kier molecular flexibility index (Phi) is 30.9. The smallest absolute Gasteiger partial charge is 0.0662 e. The second-order valence-corrected chi connectivity index (χ2v) is 3.05. The molecular formula is C12H26O3. The largest absolute Gasteiger partial charge is 0.396 e. The third-order valence-corrected chi connectivity index (χ3v) is 1.22. The topological polar surface area (TPSA) is 60.7 Å². The molecule has 0 fully saturated rings. The molecule has 0 heterocycles. The Labute approximate surface area is 93.8 Å². The molecule has 0 aromatic carbocycles. The van der Waals surface area contributed by atoms with Gasteiger partial charge in [-0.25, -0.2) is 0 Å². The highest BCUT2D eigenvalue weighted by molar-refractivity contribution is 4.87. The van der Waals surface area contributed by atoms with E-state index in [-0.39, 0.29) is 13.2 Å². The lowest BCUT2D eigenvalue weighted by atomic mass is 10.3. The molecule has 0 saturated carbocycles. The first kappa shape index (κ1) is 19.9. The highest BCUT2D eigenvalue weighted by atomic mass is 16.3. The zero-order valence-corrected chi connectivity index (χ0v) is 10.3. The van der Waals surface area contributed by atoms with E-state index < -0.39 is 0 Å². The quantitative estimate of drug-likeness (QED) is 0.499. The van der Waals surface area contributed by atoms with Crippen LogP contribution in [0.15, 0.2) is 17.9 Å². The Bertz CT molecular complexity index is 128. The summed E-state index contributed by atoms with van der Waals surface area (Å²) in [6, 6.07) is 0. The van der Waals surface area contributed by atoms with Gasteiger partial charge in [-0.05, 0) is 25.8 Å². The van der Waals surface area contributed by atoms with Crippen LogP contribution in [0, 0.1) is 0 Å². The molecule has 0 radical (unpaired) electrons. The minimum atomic E-state index is -0.125. The first-order valence-electron chi connectivity index (χ1n) is 5.26. The summed E-state index contributed by atoms with van der Waals surface area (Å²) in [7, 11) is 0. The summed E-state index contributed by atoms with van der Waals surface area (Å²) < 4.78 is 0. The van der Waals surface area contributed by atoms with Crippen LogP contribution >= 0.6 is 0 Å². The second-order valence-electron chi connectivity index (χ2n) is 3.05. The average Bonchev–Trinajstić information content (AvgIpc) is 2.27. The Morgan fingerprint density at radius 2 is 1.40 bits per heavy atom. The molecule has 0 amide bonds.